The Hall–Kier alpha value is 0.310. The van der Waals surface area contributed by atoms with Crippen LogP contribution in [-0.2, 0) is 0 Å². The summed E-state index contributed by atoms with van der Waals surface area (Å²) in [6, 6.07) is 0.795. The predicted octanol–water partition coefficient (Wildman–Crippen LogP) is 4.57. The summed E-state index contributed by atoms with van der Waals surface area (Å²) in [5, 5.41) is 3.83. The summed E-state index contributed by atoms with van der Waals surface area (Å²) in [5.74, 6) is 6.63. The Morgan fingerprint density at radius 1 is 1.05 bits per heavy atom. The van der Waals surface area contributed by atoms with Gasteiger partial charge in [-0.05, 0) is 80.2 Å². The zero-order chi connectivity index (χ0) is 13.7. The highest BCUT2D eigenvalue weighted by Gasteiger charge is 2.31. The van der Waals surface area contributed by atoms with E-state index in [-0.39, 0.29) is 0 Å². The van der Waals surface area contributed by atoms with E-state index < -0.39 is 0 Å². The van der Waals surface area contributed by atoms with E-state index >= 15 is 0 Å². The highest BCUT2D eigenvalue weighted by molar-refractivity contribution is 7.99. The molecule has 0 radical (unpaired) electrons. The molecule has 112 valence electrons. The van der Waals surface area contributed by atoms with E-state index in [1.165, 1.54) is 50.0 Å². The molecule has 1 saturated carbocycles. The lowest BCUT2D eigenvalue weighted by Crippen LogP contribution is -2.41. The molecule has 0 aromatic rings. The van der Waals surface area contributed by atoms with Crippen molar-refractivity contribution in [2.24, 2.45) is 23.7 Å². The topological polar surface area (TPSA) is 12.0 Å². The van der Waals surface area contributed by atoms with Crippen LogP contribution in [0.1, 0.15) is 59.3 Å². The largest absolute Gasteiger partial charge is 0.314 e. The lowest BCUT2D eigenvalue weighted by atomic mass is 9.72. The molecule has 2 fully saturated rings. The van der Waals surface area contributed by atoms with Crippen LogP contribution in [0.4, 0.5) is 0 Å². The summed E-state index contributed by atoms with van der Waals surface area (Å²) in [6.45, 7) is 8.34. The summed E-state index contributed by atoms with van der Waals surface area (Å²) >= 11 is 2.16. The minimum atomic E-state index is 0.795. The van der Waals surface area contributed by atoms with Gasteiger partial charge in [-0.25, -0.2) is 0 Å². The van der Waals surface area contributed by atoms with Crippen LogP contribution in [0.2, 0.25) is 0 Å². The molecule has 2 rings (SSSR count). The van der Waals surface area contributed by atoms with Crippen LogP contribution in [0.25, 0.3) is 0 Å². The molecule has 3 atom stereocenters. The van der Waals surface area contributed by atoms with E-state index in [2.05, 4.69) is 37.8 Å². The van der Waals surface area contributed by atoms with Gasteiger partial charge in [0.25, 0.3) is 0 Å². The Labute approximate surface area is 124 Å². The third-order valence-corrected chi connectivity index (χ3v) is 6.23. The van der Waals surface area contributed by atoms with Crippen LogP contribution in [0.15, 0.2) is 0 Å². The Kier molecular flexibility index (Phi) is 6.55. The summed E-state index contributed by atoms with van der Waals surface area (Å²) in [4.78, 5) is 0. The van der Waals surface area contributed by atoms with Gasteiger partial charge in [0.15, 0.2) is 0 Å². The fourth-order valence-corrected chi connectivity index (χ4v) is 5.59. The van der Waals surface area contributed by atoms with Gasteiger partial charge in [0.1, 0.15) is 0 Å². The standard InChI is InChI=1S/C17H33NS/c1-4-18-17(12-15-5-7-19-8-6-15)16-10-13(2)9-14(3)11-16/h13-18H,4-12H2,1-3H3. The molecule has 2 heteroatoms. The van der Waals surface area contributed by atoms with Crippen molar-refractivity contribution >= 4 is 11.8 Å². The number of hydrogen-bond donors (Lipinski definition) is 1. The van der Waals surface area contributed by atoms with Crippen molar-refractivity contribution in [1.82, 2.24) is 5.32 Å². The van der Waals surface area contributed by atoms with Crippen LogP contribution in [0.3, 0.4) is 0 Å². The molecule has 1 heterocycles. The van der Waals surface area contributed by atoms with Crippen molar-refractivity contribution in [3.8, 4) is 0 Å². The predicted molar refractivity (Wildman–Crippen MR) is 87.8 cm³/mol. The van der Waals surface area contributed by atoms with Gasteiger partial charge in [0, 0.05) is 6.04 Å². The van der Waals surface area contributed by atoms with Gasteiger partial charge in [0.05, 0.1) is 0 Å². The molecule has 3 unspecified atom stereocenters. The monoisotopic (exact) mass is 283 g/mol. The van der Waals surface area contributed by atoms with Gasteiger partial charge >= 0.3 is 0 Å². The van der Waals surface area contributed by atoms with Crippen molar-refractivity contribution < 1.29 is 0 Å². The van der Waals surface area contributed by atoms with E-state index in [9.17, 15) is 0 Å². The van der Waals surface area contributed by atoms with Crippen molar-refractivity contribution in [3.05, 3.63) is 0 Å². The van der Waals surface area contributed by atoms with E-state index in [0.717, 1.165) is 36.3 Å². The van der Waals surface area contributed by atoms with Crippen molar-refractivity contribution in [2.75, 3.05) is 18.1 Å². The first-order chi connectivity index (χ1) is 9.19. The highest BCUT2D eigenvalue weighted by Crippen LogP contribution is 2.37. The molecule has 1 nitrogen and oxygen atoms in total. The van der Waals surface area contributed by atoms with Gasteiger partial charge in [-0.3, -0.25) is 0 Å². The van der Waals surface area contributed by atoms with Crippen LogP contribution >= 0.6 is 11.8 Å². The molecule has 1 aliphatic carbocycles. The molecule has 0 spiro atoms. The molecule has 1 N–H and O–H groups in total. The van der Waals surface area contributed by atoms with Crippen molar-refractivity contribution in [3.63, 3.8) is 0 Å². The minimum absolute atomic E-state index is 0.795. The summed E-state index contributed by atoms with van der Waals surface area (Å²) in [7, 11) is 0. The first-order valence-corrected chi connectivity index (χ1v) is 9.65. The number of nitrogens with one attached hydrogen (secondary N) is 1. The fraction of sp³-hybridized carbons (Fsp3) is 1.00. The first-order valence-electron chi connectivity index (χ1n) is 8.50. The molecule has 2 aliphatic rings. The zero-order valence-corrected chi connectivity index (χ0v) is 14.0. The van der Waals surface area contributed by atoms with E-state index in [0.29, 0.717) is 0 Å². The molecule has 19 heavy (non-hydrogen) atoms. The maximum Gasteiger partial charge on any atom is 0.00980 e. The minimum Gasteiger partial charge on any atom is -0.314 e. The Morgan fingerprint density at radius 2 is 1.68 bits per heavy atom. The average molecular weight is 284 g/mol. The van der Waals surface area contributed by atoms with E-state index in [1.54, 1.807) is 0 Å². The molecule has 0 bridgehead atoms. The summed E-state index contributed by atoms with van der Waals surface area (Å²) < 4.78 is 0. The second kappa shape index (κ2) is 7.93. The lowest BCUT2D eigenvalue weighted by Gasteiger charge is -2.38. The maximum absolute atomic E-state index is 3.83. The molecular weight excluding hydrogens is 250 g/mol. The normalized spacial score (nSPS) is 35.2. The Balaban J connectivity index is 1.89. The van der Waals surface area contributed by atoms with Crippen LogP contribution in [0, 0.1) is 23.7 Å². The van der Waals surface area contributed by atoms with Crippen LogP contribution < -0.4 is 5.32 Å². The molecule has 0 aromatic heterocycles. The third-order valence-electron chi connectivity index (χ3n) is 5.18. The Bertz CT molecular complexity index is 240. The average Bonchev–Trinajstić information content (AvgIpc) is 2.38. The fourth-order valence-electron chi connectivity index (χ4n) is 4.38. The summed E-state index contributed by atoms with van der Waals surface area (Å²) in [5.41, 5.74) is 0. The third kappa shape index (κ3) is 4.97. The van der Waals surface area contributed by atoms with Crippen molar-refractivity contribution in [1.29, 1.82) is 0 Å². The molecule has 0 amide bonds. The quantitative estimate of drug-likeness (QED) is 0.793. The highest BCUT2D eigenvalue weighted by atomic mass is 32.2. The maximum atomic E-state index is 3.83. The van der Waals surface area contributed by atoms with Gasteiger partial charge < -0.3 is 5.32 Å². The number of thioether (sulfide) groups is 1. The first kappa shape index (κ1) is 15.7. The number of hydrogen-bond acceptors (Lipinski definition) is 2. The van der Waals surface area contributed by atoms with Gasteiger partial charge in [0.2, 0.25) is 0 Å². The second-order valence-corrected chi connectivity index (χ2v) is 8.36. The molecule has 1 saturated heterocycles. The van der Waals surface area contributed by atoms with E-state index in [4.69, 9.17) is 0 Å². The van der Waals surface area contributed by atoms with E-state index in [1.807, 2.05) is 0 Å². The SMILES string of the molecule is CCNC(CC1CCSCC1)C1CC(C)CC(C)C1. The molecule has 1 aliphatic heterocycles. The Morgan fingerprint density at radius 3 is 2.26 bits per heavy atom. The van der Waals surface area contributed by atoms with Crippen molar-refractivity contribution in [2.45, 2.75) is 65.3 Å². The smallest absolute Gasteiger partial charge is 0.00980 e. The lowest BCUT2D eigenvalue weighted by molar-refractivity contribution is 0.159. The van der Waals surface area contributed by atoms with Gasteiger partial charge in [-0.2, -0.15) is 11.8 Å². The second-order valence-electron chi connectivity index (χ2n) is 7.13. The number of rotatable bonds is 5. The van der Waals surface area contributed by atoms with Gasteiger partial charge in [-0.1, -0.05) is 20.8 Å². The zero-order valence-electron chi connectivity index (χ0n) is 13.2. The molecule has 0 aromatic carbocycles. The molecular formula is C17H33NS. The van der Waals surface area contributed by atoms with Crippen LogP contribution in [0.5, 0.6) is 0 Å². The summed E-state index contributed by atoms with van der Waals surface area (Å²) in [6.07, 6.45) is 8.75. The van der Waals surface area contributed by atoms with Gasteiger partial charge in [-0.15, -0.1) is 0 Å². The van der Waals surface area contributed by atoms with Crippen LogP contribution in [-0.4, -0.2) is 24.1 Å².